The lowest BCUT2D eigenvalue weighted by Gasteiger charge is -2.01. The maximum atomic E-state index is 11.3. The minimum absolute atomic E-state index is 0.326. The van der Waals surface area contributed by atoms with Crippen LogP contribution < -0.4 is 16.4 Å². The van der Waals surface area contributed by atoms with E-state index in [4.69, 9.17) is 5.73 Å². The molecule has 0 aromatic heterocycles. The van der Waals surface area contributed by atoms with Gasteiger partial charge in [-0.1, -0.05) is 0 Å². The zero-order chi connectivity index (χ0) is 12.0. The lowest BCUT2D eigenvalue weighted by Crippen LogP contribution is -2.16. The first-order valence-corrected chi connectivity index (χ1v) is 4.68. The zero-order valence-electron chi connectivity index (χ0n) is 8.86. The third-order valence-electron chi connectivity index (χ3n) is 1.81. The second kappa shape index (κ2) is 5.55. The summed E-state index contributed by atoms with van der Waals surface area (Å²) in [6.45, 7) is 0. The van der Waals surface area contributed by atoms with Crippen LogP contribution in [0.3, 0.4) is 0 Å². The highest BCUT2D eigenvalue weighted by Gasteiger charge is 1.98. The van der Waals surface area contributed by atoms with Gasteiger partial charge in [-0.05, 0) is 24.3 Å². The molecule has 0 spiro atoms. The number of likely N-dealkylation sites (N-methyl/N-ethyl adjacent to an activating group) is 1. The molecule has 0 unspecified atom stereocenters. The van der Waals surface area contributed by atoms with E-state index in [1.54, 1.807) is 24.3 Å². The molecule has 0 saturated heterocycles. The van der Waals surface area contributed by atoms with Gasteiger partial charge in [-0.3, -0.25) is 9.59 Å². The highest BCUT2D eigenvalue weighted by molar-refractivity contribution is 6.03. The third-order valence-corrected chi connectivity index (χ3v) is 1.81. The van der Waals surface area contributed by atoms with Gasteiger partial charge in [0.1, 0.15) is 0 Å². The van der Waals surface area contributed by atoms with Crippen LogP contribution in [0.5, 0.6) is 0 Å². The quantitative estimate of drug-likeness (QED) is 0.511. The van der Waals surface area contributed by atoms with Crippen molar-refractivity contribution in [2.75, 3.05) is 18.1 Å². The summed E-state index contributed by atoms with van der Waals surface area (Å²) in [6, 6.07) is 6.72. The van der Waals surface area contributed by atoms with Crippen LogP contribution in [-0.4, -0.2) is 18.9 Å². The van der Waals surface area contributed by atoms with E-state index >= 15 is 0 Å². The largest absolute Gasteiger partial charge is 0.399 e. The molecule has 0 saturated carbocycles. The highest BCUT2D eigenvalue weighted by atomic mass is 16.2. The Morgan fingerprint density at radius 3 is 2.25 bits per heavy atom. The van der Waals surface area contributed by atoms with Crippen molar-refractivity contribution in [2.45, 2.75) is 0 Å². The molecule has 5 nitrogen and oxygen atoms in total. The normalized spacial score (nSPS) is 10.1. The Bertz CT molecular complexity index is 410. The molecular weight excluding hydrogens is 206 g/mol. The summed E-state index contributed by atoms with van der Waals surface area (Å²) in [5.41, 5.74) is 6.74. The smallest absolute Gasteiger partial charge is 0.248 e. The monoisotopic (exact) mass is 219 g/mol. The Labute approximate surface area is 93.3 Å². The van der Waals surface area contributed by atoms with Gasteiger partial charge in [0.15, 0.2) is 0 Å². The van der Waals surface area contributed by atoms with Crippen molar-refractivity contribution in [1.29, 1.82) is 0 Å². The van der Waals surface area contributed by atoms with E-state index in [0.29, 0.717) is 11.4 Å². The second-order valence-corrected chi connectivity index (χ2v) is 3.06. The Morgan fingerprint density at radius 1 is 1.12 bits per heavy atom. The zero-order valence-corrected chi connectivity index (χ0v) is 8.86. The maximum Gasteiger partial charge on any atom is 0.248 e. The molecule has 0 radical (unpaired) electrons. The van der Waals surface area contributed by atoms with Crippen molar-refractivity contribution >= 4 is 23.2 Å². The van der Waals surface area contributed by atoms with Gasteiger partial charge in [-0.2, -0.15) is 0 Å². The maximum absolute atomic E-state index is 11.3. The van der Waals surface area contributed by atoms with Crippen molar-refractivity contribution in [2.24, 2.45) is 0 Å². The predicted octanol–water partition coefficient (Wildman–Crippen LogP) is 0.509. The molecule has 1 rings (SSSR count). The van der Waals surface area contributed by atoms with Gasteiger partial charge < -0.3 is 16.4 Å². The summed E-state index contributed by atoms with van der Waals surface area (Å²) in [6.07, 6.45) is 2.32. The van der Waals surface area contributed by atoms with E-state index in [1.807, 2.05) is 0 Å². The molecule has 1 aromatic carbocycles. The highest BCUT2D eigenvalue weighted by Crippen LogP contribution is 2.10. The summed E-state index contributed by atoms with van der Waals surface area (Å²) >= 11 is 0. The van der Waals surface area contributed by atoms with E-state index in [1.165, 1.54) is 7.05 Å². The number of amides is 2. The van der Waals surface area contributed by atoms with Crippen LogP contribution in [0.25, 0.3) is 0 Å². The molecule has 0 aliphatic rings. The van der Waals surface area contributed by atoms with E-state index in [2.05, 4.69) is 10.6 Å². The molecule has 16 heavy (non-hydrogen) atoms. The first-order valence-electron chi connectivity index (χ1n) is 4.68. The molecule has 2 amide bonds. The first-order chi connectivity index (χ1) is 7.61. The van der Waals surface area contributed by atoms with E-state index in [0.717, 1.165) is 12.2 Å². The summed E-state index contributed by atoms with van der Waals surface area (Å²) in [7, 11) is 1.49. The van der Waals surface area contributed by atoms with Gasteiger partial charge in [-0.25, -0.2) is 0 Å². The van der Waals surface area contributed by atoms with Gasteiger partial charge in [0, 0.05) is 30.6 Å². The number of hydrogen-bond donors (Lipinski definition) is 3. The number of hydrogen-bond acceptors (Lipinski definition) is 3. The molecule has 0 aliphatic heterocycles. The number of nitrogen functional groups attached to an aromatic ring is 1. The van der Waals surface area contributed by atoms with Crippen LogP contribution in [0.4, 0.5) is 11.4 Å². The van der Waals surface area contributed by atoms with Crippen molar-refractivity contribution in [3.05, 3.63) is 36.4 Å². The van der Waals surface area contributed by atoms with Gasteiger partial charge in [0.05, 0.1) is 0 Å². The van der Waals surface area contributed by atoms with Gasteiger partial charge in [0.25, 0.3) is 0 Å². The van der Waals surface area contributed by atoms with Crippen molar-refractivity contribution in [3.63, 3.8) is 0 Å². The number of nitrogens with two attached hydrogens (primary N) is 1. The lowest BCUT2D eigenvalue weighted by atomic mass is 10.3. The van der Waals surface area contributed by atoms with Crippen molar-refractivity contribution in [1.82, 2.24) is 5.32 Å². The van der Waals surface area contributed by atoms with Gasteiger partial charge in [-0.15, -0.1) is 0 Å². The van der Waals surface area contributed by atoms with E-state index in [-0.39, 0.29) is 11.8 Å². The number of carbonyl (C=O) groups is 2. The predicted molar refractivity (Wildman–Crippen MR) is 62.7 cm³/mol. The van der Waals surface area contributed by atoms with Crippen LogP contribution >= 0.6 is 0 Å². The Kier molecular flexibility index (Phi) is 4.08. The number of benzene rings is 1. The minimum Gasteiger partial charge on any atom is -0.399 e. The van der Waals surface area contributed by atoms with Crippen LogP contribution in [0.15, 0.2) is 36.4 Å². The van der Waals surface area contributed by atoms with E-state index in [9.17, 15) is 9.59 Å². The molecular formula is C11H13N3O2. The first kappa shape index (κ1) is 11.8. The molecule has 0 atom stereocenters. The SMILES string of the molecule is CNC(=O)/C=C\C(=O)Nc1ccc(N)cc1. The van der Waals surface area contributed by atoms with Crippen LogP contribution in [-0.2, 0) is 9.59 Å². The number of rotatable bonds is 3. The van der Waals surface area contributed by atoms with Crippen molar-refractivity contribution in [3.8, 4) is 0 Å². The molecule has 5 heteroatoms. The Balaban J connectivity index is 2.55. The lowest BCUT2D eigenvalue weighted by molar-refractivity contribution is -0.117. The fourth-order valence-corrected chi connectivity index (χ4v) is 0.985. The number of carbonyl (C=O) groups excluding carboxylic acids is 2. The second-order valence-electron chi connectivity index (χ2n) is 3.06. The number of nitrogens with one attached hydrogen (secondary N) is 2. The Morgan fingerprint density at radius 2 is 1.69 bits per heavy atom. The van der Waals surface area contributed by atoms with Crippen LogP contribution in [0.2, 0.25) is 0 Å². The minimum atomic E-state index is -0.367. The van der Waals surface area contributed by atoms with Gasteiger partial charge >= 0.3 is 0 Å². The summed E-state index contributed by atoms with van der Waals surface area (Å²) in [5, 5.41) is 4.96. The fourth-order valence-electron chi connectivity index (χ4n) is 0.985. The summed E-state index contributed by atoms with van der Waals surface area (Å²) in [4.78, 5) is 22.1. The molecule has 0 bridgehead atoms. The molecule has 0 aliphatic carbocycles. The van der Waals surface area contributed by atoms with Gasteiger partial charge in [0.2, 0.25) is 11.8 Å². The average molecular weight is 219 g/mol. The third kappa shape index (κ3) is 3.83. The number of anilines is 2. The van der Waals surface area contributed by atoms with Crippen molar-refractivity contribution < 1.29 is 9.59 Å². The molecule has 84 valence electrons. The average Bonchev–Trinajstić information content (AvgIpc) is 2.29. The Hall–Kier alpha value is -2.30. The molecule has 0 heterocycles. The molecule has 0 fully saturated rings. The topological polar surface area (TPSA) is 84.2 Å². The van der Waals surface area contributed by atoms with E-state index < -0.39 is 0 Å². The standard InChI is InChI=1S/C11H13N3O2/c1-13-10(15)6-7-11(16)14-9-4-2-8(12)3-5-9/h2-7H,12H2,1H3,(H,13,15)(H,14,16)/b7-6-. The summed E-state index contributed by atoms with van der Waals surface area (Å²) < 4.78 is 0. The van der Waals surface area contributed by atoms with Crippen LogP contribution in [0, 0.1) is 0 Å². The van der Waals surface area contributed by atoms with Crippen LogP contribution in [0.1, 0.15) is 0 Å². The molecule has 1 aromatic rings. The molecule has 4 N–H and O–H groups in total. The fraction of sp³-hybridized carbons (Fsp3) is 0.0909. The summed E-state index contributed by atoms with van der Waals surface area (Å²) in [5.74, 6) is -0.694.